The third kappa shape index (κ3) is 2.90. The number of anilines is 1. The van der Waals surface area contributed by atoms with Crippen LogP contribution in [-0.4, -0.2) is 27.3 Å². The van der Waals surface area contributed by atoms with Crippen LogP contribution in [-0.2, 0) is 6.54 Å². The molecule has 5 heteroatoms. The number of hydrogen-bond acceptors (Lipinski definition) is 4. The summed E-state index contributed by atoms with van der Waals surface area (Å²) < 4.78 is 1.67. The molecule has 1 heterocycles. The zero-order valence-corrected chi connectivity index (χ0v) is 10.8. The maximum atomic E-state index is 12.0. The standard InChI is InChI=1S/C13H21N3O2/c1-2-7-16-8-6-14-12(13(16)18)15-9-10-4-3-5-11(10)17/h6,8,10-11,17H,2-5,7,9H2,1H3,(H,14,15). The molecule has 1 fully saturated rings. The molecule has 2 unspecified atom stereocenters. The average Bonchev–Trinajstić information content (AvgIpc) is 2.76. The van der Waals surface area contributed by atoms with E-state index < -0.39 is 0 Å². The van der Waals surface area contributed by atoms with Gasteiger partial charge in [-0.3, -0.25) is 4.79 Å². The SMILES string of the molecule is CCCn1ccnc(NCC2CCCC2O)c1=O. The number of aryl methyl sites for hydroxylation is 1. The van der Waals surface area contributed by atoms with Crippen LogP contribution in [0.4, 0.5) is 5.82 Å². The number of nitrogens with one attached hydrogen (secondary N) is 1. The van der Waals surface area contributed by atoms with E-state index in [1.54, 1.807) is 17.0 Å². The second-order valence-corrected chi connectivity index (χ2v) is 4.91. The topological polar surface area (TPSA) is 67.2 Å². The van der Waals surface area contributed by atoms with Gasteiger partial charge >= 0.3 is 0 Å². The average molecular weight is 251 g/mol. The smallest absolute Gasteiger partial charge is 0.293 e. The molecule has 2 atom stereocenters. The van der Waals surface area contributed by atoms with Crippen LogP contribution in [0.25, 0.3) is 0 Å². The number of aromatic nitrogens is 2. The van der Waals surface area contributed by atoms with Gasteiger partial charge in [0.05, 0.1) is 6.10 Å². The number of rotatable bonds is 5. The van der Waals surface area contributed by atoms with Gasteiger partial charge in [0.15, 0.2) is 5.82 Å². The molecule has 0 aliphatic heterocycles. The third-order valence-corrected chi connectivity index (χ3v) is 3.53. The normalized spacial score (nSPS) is 23.2. The lowest BCUT2D eigenvalue weighted by Crippen LogP contribution is -2.28. The van der Waals surface area contributed by atoms with E-state index in [0.717, 1.165) is 25.7 Å². The van der Waals surface area contributed by atoms with Crippen LogP contribution in [0, 0.1) is 5.92 Å². The lowest BCUT2D eigenvalue weighted by Gasteiger charge is -2.15. The summed E-state index contributed by atoms with van der Waals surface area (Å²) in [4.78, 5) is 16.1. The molecule has 2 rings (SSSR count). The molecule has 18 heavy (non-hydrogen) atoms. The lowest BCUT2D eigenvalue weighted by molar-refractivity contribution is 0.138. The second-order valence-electron chi connectivity index (χ2n) is 4.91. The van der Waals surface area contributed by atoms with Crippen molar-refractivity contribution in [2.45, 2.75) is 45.3 Å². The van der Waals surface area contributed by atoms with Crippen molar-refractivity contribution < 1.29 is 5.11 Å². The molecule has 1 aromatic heterocycles. The van der Waals surface area contributed by atoms with Crippen molar-refractivity contribution in [2.75, 3.05) is 11.9 Å². The van der Waals surface area contributed by atoms with Gasteiger partial charge in [0.25, 0.3) is 5.56 Å². The number of nitrogens with zero attached hydrogens (tertiary/aromatic N) is 2. The van der Waals surface area contributed by atoms with E-state index in [9.17, 15) is 9.90 Å². The fraction of sp³-hybridized carbons (Fsp3) is 0.692. The lowest BCUT2D eigenvalue weighted by atomic mass is 10.1. The molecule has 100 valence electrons. The molecule has 0 bridgehead atoms. The minimum absolute atomic E-state index is 0.0770. The number of aliphatic hydroxyl groups excluding tert-OH is 1. The van der Waals surface area contributed by atoms with Crippen LogP contribution in [0.1, 0.15) is 32.6 Å². The quantitative estimate of drug-likeness (QED) is 0.826. The van der Waals surface area contributed by atoms with E-state index in [2.05, 4.69) is 10.3 Å². The molecule has 0 radical (unpaired) electrons. The van der Waals surface area contributed by atoms with E-state index in [1.165, 1.54) is 0 Å². The van der Waals surface area contributed by atoms with Crippen molar-refractivity contribution in [3.8, 4) is 0 Å². The maximum Gasteiger partial charge on any atom is 0.293 e. The highest BCUT2D eigenvalue weighted by Gasteiger charge is 2.25. The van der Waals surface area contributed by atoms with Crippen LogP contribution >= 0.6 is 0 Å². The highest BCUT2D eigenvalue weighted by molar-refractivity contribution is 5.30. The van der Waals surface area contributed by atoms with Crippen molar-refractivity contribution in [3.63, 3.8) is 0 Å². The Hall–Kier alpha value is -1.36. The zero-order chi connectivity index (χ0) is 13.0. The monoisotopic (exact) mass is 251 g/mol. The molecule has 0 spiro atoms. The first-order valence-electron chi connectivity index (χ1n) is 6.69. The van der Waals surface area contributed by atoms with E-state index in [1.807, 2.05) is 6.92 Å². The fourth-order valence-electron chi connectivity index (χ4n) is 2.47. The third-order valence-electron chi connectivity index (χ3n) is 3.53. The first-order chi connectivity index (χ1) is 8.72. The Morgan fingerprint density at radius 2 is 2.39 bits per heavy atom. The molecule has 1 saturated carbocycles. The van der Waals surface area contributed by atoms with Gasteiger partial charge in [-0.25, -0.2) is 4.98 Å². The summed E-state index contributed by atoms with van der Waals surface area (Å²) in [5.74, 6) is 0.635. The summed E-state index contributed by atoms with van der Waals surface area (Å²) in [6.45, 7) is 3.37. The van der Waals surface area contributed by atoms with Crippen molar-refractivity contribution in [1.82, 2.24) is 9.55 Å². The molecule has 5 nitrogen and oxygen atoms in total. The predicted octanol–water partition coefficient (Wildman–Crippen LogP) is 1.23. The fourth-order valence-corrected chi connectivity index (χ4v) is 2.47. The summed E-state index contributed by atoms with van der Waals surface area (Å²) >= 11 is 0. The van der Waals surface area contributed by atoms with E-state index in [-0.39, 0.29) is 17.6 Å². The predicted molar refractivity (Wildman–Crippen MR) is 70.6 cm³/mol. The molecule has 0 amide bonds. The van der Waals surface area contributed by atoms with Crippen LogP contribution < -0.4 is 10.9 Å². The second kappa shape index (κ2) is 6.00. The van der Waals surface area contributed by atoms with Gasteiger partial charge in [-0.2, -0.15) is 0 Å². The largest absolute Gasteiger partial charge is 0.393 e. The molecule has 0 saturated heterocycles. The molecule has 0 aromatic carbocycles. The van der Waals surface area contributed by atoms with Gasteiger partial charge in [0, 0.05) is 31.4 Å². The van der Waals surface area contributed by atoms with Crippen LogP contribution in [0.2, 0.25) is 0 Å². The molecule has 2 N–H and O–H groups in total. The first kappa shape index (κ1) is 13.1. The Morgan fingerprint density at radius 3 is 3.06 bits per heavy atom. The Balaban J connectivity index is 2.01. The highest BCUT2D eigenvalue weighted by Crippen LogP contribution is 2.25. The van der Waals surface area contributed by atoms with E-state index in [4.69, 9.17) is 0 Å². The van der Waals surface area contributed by atoms with Crippen molar-refractivity contribution in [1.29, 1.82) is 0 Å². The van der Waals surface area contributed by atoms with Crippen LogP contribution in [0.3, 0.4) is 0 Å². The molecule has 1 aliphatic carbocycles. The summed E-state index contributed by atoms with van der Waals surface area (Å²) in [5.41, 5.74) is -0.0770. The summed E-state index contributed by atoms with van der Waals surface area (Å²) in [6.07, 6.45) is 6.99. The Bertz CT molecular complexity index is 444. The number of aliphatic hydroxyl groups is 1. The van der Waals surface area contributed by atoms with Gasteiger partial charge in [0.2, 0.25) is 0 Å². The van der Waals surface area contributed by atoms with Gasteiger partial charge in [-0.1, -0.05) is 13.3 Å². The number of hydrogen-bond donors (Lipinski definition) is 2. The Labute approximate surface area is 107 Å². The molecule has 1 aliphatic rings. The summed E-state index contributed by atoms with van der Waals surface area (Å²) in [6, 6.07) is 0. The van der Waals surface area contributed by atoms with E-state index in [0.29, 0.717) is 18.9 Å². The Morgan fingerprint density at radius 1 is 1.56 bits per heavy atom. The molecular formula is C13H21N3O2. The highest BCUT2D eigenvalue weighted by atomic mass is 16.3. The maximum absolute atomic E-state index is 12.0. The van der Waals surface area contributed by atoms with Crippen molar-refractivity contribution in [3.05, 3.63) is 22.7 Å². The van der Waals surface area contributed by atoms with Gasteiger partial charge < -0.3 is 15.0 Å². The van der Waals surface area contributed by atoms with Gasteiger partial charge in [-0.15, -0.1) is 0 Å². The Kier molecular flexibility index (Phi) is 4.36. The van der Waals surface area contributed by atoms with E-state index >= 15 is 0 Å². The van der Waals surface area contributed by atoms with Crippen molar-refractivity contribution in [2.24, 2.45) is 5.92 Å². The van der Waals surface area contributed by atoms with Crippen LogP contribution in [0.15, 0.2) is 17.2 Å². The summed E-state index contributed by atoms with van der Waals surface area (Å²) in [5, 5.41) is 12.8. The van der Waals surface area contributed by atoms with Gasteiger partial charge in [0.1, 0.15) is 0 Å². The minimum Gasteiger partial charge on any atom is -0.393 e. The van der Waals surface area contributed by atoms with Crippen LogP contribution in [0.5, 0.6) is 0 Å². The van der Waals surface area contributed by atoms with Gasteiger partial charge in [-0.05, 0) is 19.3 Å². The minimum atomic E-state index is -0.237. The molecule has 1 aromatic rings. The first-order valence-corrected chi connectivity index (χ1v) is 6.69. The van der Waals surface area contributed by atoms with Crippen molar-refractivity contribution >= 4 is 5.82 Å². The molecular weight excluding hydrogens is 230 g/mol. The summed E-state index contributed by atoms with van der Waals surface area (Å²) in [7, 11) is 0. The zero-order valence-electron chi connectivity index (χ0n) is 10.8.